The Labute approximate surface area is 127 Å². The number of hydrogen-bond acceptors (Lipinski definition) is 6. The van der Waals surface area contributed by atoms with Crippen LogP contribution in [0, 0.1) is 0 Å². The normalized spacial score (nSPS) is 16.8. The van der Waals surface area contributed by atoms with Crippen molar-refractivity contribution in [3.63, 3.8) is 0 Å². The molecule has 0 fully saturated rings. The predicted octanol–water partition coefficient (Wildman–Crippen LogP) is 2.08. The molecule has 21 heavy (non-hydrogen) atoms. The van der Waals surface area contributed by atoms with Crippen LogP contribution in [0.15, 0.2) is 12.4 Å². The molecule has 0 radical (unpaired) electrons. The Kier molecular flexibility index (Phi) is 3.92. The highest BCUT2D eigenvalue weighted by Gasteiger charge is 2.33. The highest BCUT2D eigenvalue weighted by Crippen LogP contribution is 2.38. The lowest BCUT2D eigenvalue weighted by molar-refractivity contribution is -0.145. The zero-order valence-corrected chi connectivity index (χ0v) is 12.9. The van der Waals surface area contributed by atoms with E-state index in [0.29, 0.717) is 13.2 Å². The molecular weight excluding hydrogens is 288 g/mol. The summed E-state index contributed by atoms with van der Waals surface area (Å²) in [6, 6.07) is 0. The fourth-order valence-corrected chi connectivity index (χ4v) is 3.53. The van der Waals surface area contributed by atoms with Gasteiger partial charge in [0.05, 0.1) is 18.8 Å². The van der Waals surface area contributed by atoms with Crippen LogP contribution in [0.3, 0.4) is 0 Å². The van der Waals surface area contributed by atoms with Gasteiger partial charge in [-0.1, -0.05) is 0 Å². The fraction of sp³-hybridized carbons (Fsp3) is 0.500. The van der Waals surface area contributed by atoms with Crippen molar-refractivity contribution >= 4 is 22.4 Å². The minimum atomic E-state index is -0.195. The maximum absolute atomic E-state index is 11.9. The molecule has 0 spiro atoms. The number of thiazole rings is 1. The summed E-state index contributed by atoms with van der Waals surface area (Å²) in [5.41, 5.74) is 0.890. The molecular formula is C14H18N4O2S. The lowest BCUT2D eigenvalue weighted by atomic mass is 10.1. The first kappa shape index (κ1) is 14.1. The number of anilines is 1. The lowest BCUT2D eigenvalue weighted by Crippen LogP contribution is -2.14. The van der Waals surface area contributed by atoms with E-state index in [4.69, 9.17) is 4.74 Å². The maximum Gasteiger partial charge on any atom is 0.315 e. The molecule has 2 aromatic heterocycles. The number of aryl methyl sites for hydroxylation is 2. The minimum absolute atomic E-state index is 0.155. The Balaban J connectivity index is 1.69. The number of rotatable bonds is 5. The van der Waals surface area contributed by atoms with Gasteiger partial charge in [-0.15, -0.1) is 11.3 Å². The van der Waals surface area contributed by atoms with Crippen LogP contribution >= 0.6 is 11.3 Å². The molecule has 0 bridgehead atoms. The number of fused-ring (bicyclic) bond motifs is 1. The monoisotopic (exact) mass is 306 g/mol. The number of aromatic nitrogens is 3. The Hall–Kier alpha value is -1.89. The van der Waals surface area contributed by atoms with E-state index in [1.54, 1.807) is 17.5 Å². The number of nitrogens with one attached hydrogen (secondary N) is 1. The standard InChI is InChI=1S/C14H18N4O2S/c1-3-20-13(19)9-4-5-10-12(9)17-14(21-10)16-8-11-15-6-7-18(11)2/h6-7,9H,3-5,8H2,1-2H3,(H,16,17). The summed E-state index contributed by atoms with van der Waals surface area (Å²) in [6.45, 7) is 2.87. The van der Waals surface area contributed by atoms with E-state index >= 15 is 0 Å². The van der Waals surface area contributed by atoms with E-state index in [0.717, 1.165) is 29.5 Å². The van der Waals surface area contributed by atoms with E-state index in [1.165, 1.54) is 4.88 Å². The molecule has 1 aliphatic carbocycles. The second kappa shape index (κ2) is 5.85. The highest BCUT2D eigenvalue weighted by atomic mass is 32.1. The van der Waals surface area contributed by atoms with Crippen LogP contribution in [0.1, 0.15) is 35.7 Å². The van der Waals surface area contributed by atoms with Crippen LogP contribution in [0.5, 0.6) is 0 Å². The van der Waals surface area contributed by atoms with Crippen molar-refractivity contribution in [3.05, 3.63) is 28.8 Å². The number of carbonyl (C=O) groups is 1. The van der Waals surface area contributed by atoms with Gasteiger partial charge in [0.2, 0.25) is 0 Å². The average molecular weight is 306 g/mol. The van der Waals surface area contributed by atoms with Gasteiger partial charge in [0, 0.05) is 24.3 Å². The third-order valence-electron chi connectivity index (χ3n) is 3.61. The van der Waals surface area contributed by atoms with Crippen molar-refractivity contribution in [1.29, 1.82) is 0 Å². The lowest BCUT2D eigenvalue weighted by Gasteiger charge is -2.08. The van der Waals surface area contributed by atoms with Crippen molar-refractivity contribution in [2.75, 3.05) is 11.9 Å². The SMILES string of the molecule is CCOC(=O)C1CCc2sc(NCc3nccn3C)nc21. The van der Waals surface area contributed by atoms with Gasteiger partial charge in [-0.3, -0.25) is 4.79 Å². The Morgan fingerprint density at radius 2 is 2.48 bits per heavy atom. The number of carbonyl (C=O) groups excluding carboxylic acids is 1. The first-order chi connectivity index (χ1) is 10.2. The summed E-state index contributed by atoms with van der Waals surface area (Å²) in [4.78, 5) is 21.9. The number of nitrogens with zero attached hydrogens (tertiary/aromatic N) is 3. The Morgan fingerprint density at radius 1 is 1.62 bits per heavy atom. The smallest absolute Gasteiger partial charge is 0.315 e. The topological polar surface area (TPSA) is 69.0 Å². The summed E-state index contributed by atoms with van der Waals surface area (Å²) in [7, 11) is 1.96. The van der Waals surface area contributed by atoms with Crippen LogP contribution in [-0.2, 0) is 29.5 Å². The van der Waals surface area contributed by atoms with Crippen molar-refractivity contribution in [2.45, 2.75) is 32.2 Å². The van der Waals surface area contributed by atoms with Crippen LogP contribution < -0.4 is 5.32 Å². The summed E-state index contributed by atoms with van der Waals surface area (Å²) < 4.78 is 7.09. The van der Waals surface area contributed by atoms with Crippen LogP contribution in [0.25, 0.3) is 0 Å². The number of hydrogen-bond donors (Lipinski definition) is 1. The van der Waals surface area contributed by atoms with Crippen molar-refractivity contribution in [1.82, 2.24) is 14.5 Å². The molecule has 0 aromatic carbocycles. The largest absolute Gasteiger partial charge is 0.465 e. The Morgan fingerprint density at radius 3 is 3.19 bits per heavy atom. The van der Waals surface area contributed by atoms with Gasteiger partial charge in [-0.05, 0) is 19.8 Å². The molecule has 7 heteroatoms. The van der Waals surface area contributed by atoms with Gasteiger partial charge < -0.3 is 14.6 Å². The number of ether oxygens (including phenoxy) is 1. The summed E-state index contributed by atoms with van der Waals surface area (Å²) in [5, 5.41) is 4.13. The summed E-state index contributed by atoms with van der Waals surface area (Å²) >= 11 is 1.62. The zero-order valence-electron chi connectivity index (χ0n) is 12.1. The van der Waals surface area contributed by atoms with E-state index in [-0.39, 0.29) is 11.9 Å². The highest BCUT2D eigenvalue weighted by molar-refractivity contribution is 7.15. The molecule has 0 amide bonds. The molecule has 2 heterocycles. The van der Waals surface area contributed by atoms with E-state index in [2.05, 4.69) is 15.3 Å². The molecule has 0 saturated carbocycles. The number of imidazole rings is 1. The van der Waals surface area contributed by atoms with Gasteiger partial charge >= 0.3 is 5.97 Å². The Bertz CT molecular complexity index is 649. The first-order valence-corrected chi connectivity index (χ1v) is 7.87. The summed E-state index contributed by atoms with van der Waals surface area (Å²) in [6.07, 6.45) is 5.40. The molecule has 0 aliphatic heterocycles. The van der Waals surface area contributed by atoms with Gasteiger partial charge in [0.1, 0.15) is 11.7 Å². The molecule has 1 atom stereocenters. The maximum atomic E-state index is 11.9. The minimum Gasteiger partial charge on any atom is -0.465 e. The molecule has 3 rings (SSSR count). The quantitative estimate of drug-likeness (QED) is 0.857. The van der Waals surface area contributed by atoms with Gasteiger partial charge in [0.15, 0.2) is 5.13 Å². The van der Waals surface area contributed by atoms with E-state index in [9.17, 15) is 4.79 Å². The van der Waals surface area contributed by atoms with Crippen LogP contribution in [-0.4, -0.2) is 27.1 Å². The average Bonchev–Trinajstić information content (AvgIpc) is 3.11. The molecule has 1 unspecified atom stereocenters. The van der Waals surface area contributed by atoms with Crippen molar-refractivity contribution in [2.24, 2.45) is 7.05 Å². The van der Waals surface area contributed by atoms with Crippen molar-refractivity contribution < 1.29 is 9.53 Å². The second-order valence-corrected chi connectivity index (χ2v) is 6.06. The van der Waals surface area contributed by atoms with Gasteiger partial charge in [-0.25, -0.2) is 9.97 Å². The zero-order chi connectivity index (χ0) is 14.8. The van der Waals surface area contributed by atoms with E-state index < -0.39 is 0 Å². The molecule has 2 aromatic rings. The number of esters is 1. The fourth-order valence-electron chi connectivity index (χ4n) is 2.50. The van der Waals surface area contributed by atoms with E-state index in [1.807, 2.05) is 24.7 Å². The third kappa shape index (κ3) is 2.78. The first-order valence-electron chi connectivity index (χ1n) is 7.05. The molecule has 112 valence electrons. The molecule has 6 nitrogen and oxygen atoms in total. The third-order valence-corrected chi connectivity index (χ3v) is 4.70. The van der Waals surface area contributed by atoms with Crippen molar-refractivity contribution in [3.8, 4) is 0 Å². The molecule has 0 saturated heterocycles. The molecule has 1 aliphatic rings. The molecule has 1 N–H and O–H groups in total. The summed E-state index contributed by atoms with van der Waals surface area (Å²) in [5.74, 6) is 0.601. The second-order valence-electron chi connectivity index (χ2n) is 4.98. The van der Waals surface area contributed by atoms with Gasteiger partial charge in [0.25, 0.3) is 0 Å². The van der Waals surface area contributed by atoms with Crippen LogP contribution in [0.2, 0.25) is 0 Å². The predicted molar refractivity (Wildman–Crippen MR) is 80.3 cm³/mol. The van der Waals surface area contributed by atoms with Crippen LogP contribution in [0.4, 0.5) is 5.13 Å². The van der Waals surface area contributed by atoms with Gasteiger partial charge in [-0.2, -0.15) is 0 Å².